The second-order valence-electron chi connectivity index (χ2n) is 8.01. The van der Waals surface area contributed by atoms with Gasteiger partial charge in [0.25, 0.3) is 0 Å². The molecule has 1 aromatic rings. The molecule has 0 amide bonds. The molecule has 4 rings (SSSR count). The number of para-hydroxylation sites is 2. The third kappa shape index (κ3) is 3.41. The summed E-state index contributed by atoms with van der Waals surface area (Å²) in [5, 5.41) is 0. The summed E-state index contributed by atoms with van der Waals surface area (Å²) in [5.41, 5.74) is 1.07. The van der Waals surface area contributed by atoms with Crippen LogP contribution in [0.1, 0.15) is 38.5 Å². The summed E-state index contributed by atoms with van der Waals surface area (Å²) in [7, 11) is 1.73. The third-order valence-corrected chi connectivity index (χ3v) is 6.45. The highest BCUT2D eigenvalue weighted by Gasteiger charge is 2.50. The van der Waals surface area contributed by atoms with Crippen LogP contribution in [0.15, 0.2) is 24.3 Å². The van der Waals surface area contributed by atoms with Crippen LogP contribution in [0.25, 0.3) is 0 Å². The fraction of sp³-hybridized carbons (Fsp3) is 0.667. The standard InChI is InChI=1S/C21H30N2O3/c1-25-19-7-3-2-6-18(19)23-14-12-22(13-15-23)11-8-17-16-21(20(24)26-17)9-4-5-10-21/h2-3,6-7,17H,4-5,8-16H2,1H3. The van der Waals surface area contributed by atoms with Crippen LogP contribution >= 0.6 is 0 Å². The van der Waals surface area contributed by atoms with Gasteiger partial charge in [0.15, 0.2) is 0 Å². The highest BCUT2D eigenvalue weighted by Crippen LogP contribution is 2.48. The van der Waals surface area contributed by atoms with E-state index in [0.717, 1.165) is 64.2 Å². The Morgan fingerprint density at radius 2 is 1.88 bits per heavy atom. The van der Waals surface area contributed by atoms with E-state index in [1.54, 1.807) is 7.11 Å². The predicted octanol–water partition coefficient (Wildman–Crippen LogP) is 3.08. The molecule has 1 aliphatic carbocycles. The first kappa shape index (κ1) is 17.7. The van der Waals surface area contributed by atoms with Crippen LogP contribution < -0.4 is 9.64 Å². The number of nitrogens with zero attached hydrogens (tertiary/aromatic N) is 2. The summed E-state index contributed by atoms with van der Waals surface area (Å²) < 4.78 is 11.2. The molecule has 0 N–H and O–H groups in total. The number of carbonyl (C=O) groups is 1. The number of ether oxygens (including phenoxy) is 2. The summed E-state index contributed by atoms with van der Waals surface area (Å²) in [5.74, 6) is 1.03. The molecule has 26 heavy (non-hydrogen) atoms. The van der Waals surface area contributed by atoms with Gasteiger partial charge in [-0.25, -0.2) is 0 Å². The maximum Gasteiger partial charge on any atom is 0.312 e. The van der Waals surface area contributed by atoms with Crippen molar-refractivity contribution in [2.75, 3.05) is 44.7 Å². The Morgan fingerprint density at radius 3 is 2.62 bits per heavy atom. The van der Waals surface area contributed by atoms with Gasteiger partial charge in [-0.05, 0) is 31.4 Å². The molecule has 2 heterocycles. The van der Waals surface area contributed by atoms with Gasteiger partial charge >= 0.3 is 5.97 Å². The van der Waals surface area contributed by atoms with Crippen molar-refractivity contribution < 1.29 is 14.3 Å². The van der Waals surface area contributed by atoms with Gasteiger partial charge in [0.2, 0.25) is 0 Å². The van der Waals surface area contributed by atoms with Crippen LogP contribution in [-0.2, 0) is 9.53 Å². The number of esters is 1. The van der Waals surface area contributed by atoms with E-state index in [1.165, 1.54) is 18.5 Å². The molecule has 1 unspecified atom stereocenters. The van der Waals surface area contributed by atoms with Crippen molar-refractivity contribution in [2.45, 2.75) is 44.6 Å². The maximum atomic E-state index is 12.3. The van der Waals surface area contributed by atoms with Crippen molar-refractivity contribution in [3.63, 3.8) is 0 Å². The van der Waals surface area contributed by atoms with Gasteiger partial charge in [0.1, 0.15) is 11.9 Å². The molecule has 2 saturated heterocycles. The number of piperazine rings is 1. The lowest BCUT2D eigenvalue weighted by atomic mass is 9.83. The van der Waals surface area contributed by atoms with Crippen molar-refractivity contribution >= 4 is 11.7 Å². The molecule has 1 saturated carbocycles. The van der Waals surface area contributed by atoms with Crippen molar-refractivity contribution in [1.29, 1.82) is 0 Å². The highest BCUT2D eigenvalue weighted by atomic mass is 16.6. The zero-order chi connectivity index (χ0) is 18.0. The fourth-order valence-electron chi connectivity index (χ4n) is 4.89. The second-order valence-corrected chi connectivity index (χ2v) is 8.01. The van der Waals surface area contributed by atoms with Gasteiger partial charge in [-0.3, -0.25) is 9.69 Å². The van der Waals surface area contributed by atoms with E-state index in [4.69, 9.17) is 9.47 Å². The first-order valence-corrected chi connectivity index (χ1v) is 10.0. The van der Waals surface area contributed by atoms with E-state index in [0.29, 0.717) is 0 Å². The van der Waals surface area contributed by atoms with Crippen molar-refractivity contribution in [2.24, 2.45) is 5.41 Å². The van der Waals surface area contributed by atoms with Crippen LogP contribution in [0.2, 0.25) is 0 Å². The lowest BCUT2D eigenvalue weighted by molar-refractivity contribution is -0.148. The Kier molecular flexibility index (Phi) is 5.07. The number of methoxy groups -OCH3 is 1. The molecule has 3 fully saturated rings. The number of hydrogen-bond acceptors (Lipinski definition) is 5. The monoisotopic (exact) mass is 358 g/mol. The number of anilines is 1. The summed E-state index contributed by atoms with van der Waals surface area (Å²) >= 11 is 0. The van der Waals surface area contributed by atoms with Crippen LogP contribution in [0.4, 0.5) is 5.69 Å². The van der Waals surface area contributed by atoms with Gasteiger partial charge < -0.3 is 14.4 Å². The number of hydrogen-bond donors (Lipinski definition) is 0. The van der Waals surface area contributed by atoms with Gasteiger partial charge in [0.05, 0.1) is 18.2 Å². The van der Waals surface area contributed by atoms with Crippen molar-refractivity contribution in [3.8, 4) is 5.75 Å². The highest BCUT2D eigenvalue weighted by molar-refractivity contribution is 5.79. The molecule has 2 aliphatic heterocycles. The molecule has 3 aliphatic rings. The molecule has 5 heteroatoms. The average Bonchev–Trinajstić information content (AvgIpc) is 3.28. The normalized spacial score (nSPS) is 25.7. The summed E-state index contributed by atoms with van der Waals surface area (Å²) in [6, 6.07) is 8.23. The Labute approximate surface area is 156 Å². The molecular weight excluding hydrogens is 328 g/mol. The smallest absolute Gasteiger partial charge is 0.312 e. The van der Waals surface area contributed by atoms with Crippen LogP contribution in [-0.4, -0.2) is 56.8 Å². The van der Waals surface area contributed by atoms with Crippen molar-refractivity contribution in [1.82, 2.24) is 4.90 Å². The molecule has 0 bridgehead atoms. The van der Waals surface area contributed by atoms with E-state index in [-0.39, 0.29) is 17.5 Å². The van der Waals surface area contributed by atoms with Gasteiger partial charge in [-0.2, -0.15) is 0 Å². The lowest BCUT2D eigenvalue weighted by Gasteiger charge is -2.36. The molecule has 1 atom stereocenters. The summed E-state index contributed by atoms with van der Waals surface area (Å²) in [6.07, 6.45) is 6.52. The summed E-state index contributed by atoms with van der Waals surface area (Å²) in [6.45, 7) is 5.13. The molecule has 0 aromatic heterocycles. The van der Waals surface area contributed by atoms with Gasteiger partial charge in [-0.1, -0.05) is 25.0 Å². The lowest BCUT2D eigenvalue weighted by Crippen LogP contribution is -2.47. The molecule has 1 spiro atoms. The minimum Gasteiger partial charge on any atom is -0.495 e. The molecule has 5 nitrogen and oxygen atoms in total. The second kappa shape index (κ2) is 7.47. The predicted molar refractivity (Wildman–Crippen MR) is 102 cm³/mol. The fourth-order valence-corrected chi connectivity index (χ4v) is 4.89. The van der Waals surface area contributed by atoms with Crippen LogP contribution in [0.5, 0.6) is 5.75 Å². The number of benzene rings is 1. The molecule has 1 aromatic carbocycles. The maximum absolute atomic E-state index is 12.3. The minimum atomic E-state index is -0.118. The zero-order valence-corrected chi connectivity index (χ0v) is 15.8. The molecule has 142 valence electrons. The zero-order valence-electron chi connectivity index (χ0n) is 15.8. The Hall–Kier alpha value is -1.75. The van der Waals surface area contributed by atoms with Gasteiger partial charge in [0, 0.05) is 39.1 Å². The van der Waals surface area contributed by atoms with E-state index >= 15 is 0 Å². The van der Waals surface area contributed by atoms with Crippen LogP contribution in [0.3, 0.4) is 0 Å². The third-order valence-electron chi connectivity index (χ3n) is 6.45. The number of cyclic esters (lactones) is 1. The number of carbonyl (C=O) groups excluding carboxylic acids is 1. The Balaban J connectivity index is 1.25. The van der Waals surface area contributed by atoms with Gasteiger partial charge in [-0.15, -0.1) is 0 Å². The number of rotatable bonds is 5. The van der Waals surface area contributed by atoms with Crippen molar-refractivity contribution in [3.05, 3.63) is 24.3 Å². The topological polar surface area (TPSA) is 42.0 Å². The van der Waals surface area contributed by atoms with Crippen LogP contribution in [0, 0.1) is 5.41 Å². The Bertz CT molecular complexity index is 634. The quantitative estimate of drug-likeness (QED) is 0.757. The molecular formula is C21H30N2O3. The average molecular weight is 358 g/mol. The first-order valence-electron chi connectivity index (χ1n) is 10.0. The van der Waals surface area contributed by atoms with E-state index in [1.807, 2.05) is 12.1 Å². The SMILES string of the molecule is COc1ccccc1N1CCN(CCC2CC3(CCCC3)C(=O)O2)CC1. The van der Waals surface area contributed by atoms with E-state index in [9.17, 15) is 4.79 Å². The Morgan fingerprint density at radius 1 is 1.15 bits per heavy atom. The minimum absolute atomic E-state index is 0.0843. The largest absolute Gasteiger partial charge is 0.495 e. The van der Waals surface area contributed by atoms with E-state index < -0.39 is 0 Å². The summed E-state index contributed by atoms with van der Waals surface area (Å²) in [4.78, 5) is 17.2. The molecule has 0 radical (unpaired) electrons. The van der Waals surface area contributed by atoms with E-state index in [2.05, 4.69) is 21.9 Å². The first-order chi connectivity index (χ1) is 12.7.